The van der Waals surface area contributed by atoms with Crippen molar-refractivity contribution < 1.29 is 9.32 Å². The molecule has 6 heteroatoms. The molecule has 1 fully saturated rings. The molecule has 1 aliphatic carbocycles. The SMILES string of the molecule is Cc1ccsc1[C@@H]1C[C@H]1C(=O)N[C@@H](C)c1ncon1. The Morgan fingerprint density at radius 3 is 3.11 bits per heavy atom. The number of nitrogens with one attached hydrogen (secondary N) is 1. The van der Waals surface area contributed by atoms with Gasteiger partial charge in [0.15, 0.2) is 5.82 Å². The smallest absolute Gasteiger partial charge is 0.224 e. The number of hydrogen-bond acceptors (Lipinski definition) is 5. The first-order chi connectivity index (χ1) is 9.16. The monoisotopic (exact) mass is 277 g/mol. The second-order valence-electron chi connectivity index (χ2n) is 4.94. The summed E-state index contributed by atoms with van der Waals surface area (Å²) in [5.74, 6) is 1.07. The second kappa shape index (κ2) is 4.77. The Morgan fingerprint density at radius 2 is 2.47 bits per heavy atom. The number of amides is 1. The first-order valence-corrected chi connectivity index (χ1v) is 7.15. The summed E-state index contributed by atoms with van der Waals surface area (Å²) < 4.78 is 4.68. The van der Waals surface area contributed by atoms with Gasteiger partial charge in [0.1, 0.15) is 0 Å². The number of thiophene rings is 1. The zero-order chi connectivity index (χ0) is 13.4. The van der Waals surface area contributed by atoms with Crippen molar-refractivity contribution >= 4 is 17.2 Å². The molecule has 1 aliphatic rings. The second-order valence-corrected chi connectivity index (χ2v) is 5.88. The fourth-order valence-corrected chi connectivity index (χ4v) is 3.40. The molecule has 2 heterocycles. The summed E-state index contributed by atoms with van der Waals surface area (Å²) in [5.41, 5.74) is 1.29. The van der Waals surface area contributed by atoms with Gasteiger partial charge >= 0.3 is 0 Å². The van der Waals surface area contributed by atoms with E-state index in [2.05, 4.69) is 38.4 Å². The number of carbonyl (C=O) groups is 1. The summed E-state index contributed by atoms with van der Waals surface area (Å²) in [5, 5.41) is 8.75. The minimum absolute atomic E-state index is 0.0788. The average Bonchev–Trinajstić information content (AvgIpc) is 2.81. The molecule has 0 spiro atoms. The van der Waals surface area contributed by atoms with Gasteiger partial charge in [0.05, 0.1) is 6.04 Å². The number of nitrogens with zero attached hydrogens (tertiary/aromatic N) is 2. The van der Waals surface area contributed by atoms with E-state index in [9.17, 15) is 4.79 Å². The van der Waals surface area contributed by atoms with Gasteiger partial charge < -0.3 is 9.84 Å². The minimum Gasteiger partial charge on any atom is -0.346 e. The third-order valence-corrected chi connectivity index (χ3v) is 4.64. The molecule has 2 aromatic heterocycles. The molecule has 19 heavy (non-hydrogen) atoms. The number of aryl methyl sites for hydroxylation is 1. The first-order valence-electron chi connectivity index (χ1n) is 6.27. The summed E-state index contributed by atoms with van der Waals surface area (Å²) in [6.07, 6.45) is 2.21. The zero-order valence-electron chi connectivity index (χ0n) is 10.8. The highest BCUT2D eigenvalue weighted by Gasteiger charge is 2.45. The molecule has 5 nitrogen and oxygen atoms in total. The van der Waals surface area contributed by atoms with E-state index in [1.807, 2.05) is 6.92 Å². The average molecular weight is 277 g/mol. The van der Waals surface area contributed by atoms with Gasteiger partial charge in [-0.3, -0.25) is 4.79 Å². The quantitative estimate of drug-likeness (QED) is 0.932. The van der Waals surface area contributed by atoms with Crippen molar-refractivity contribution in [3.63, 3.8) is 0 Å². The van der Waals surface area contributed by atoms with E-state index >= 15 is 0 Å². The van der Waals surface area contributed by atoms with Crippen LogP contribution in [-0.2, 0) is 4.79 Å². The normalized spacial score (nSPS) is 23.1. The maximum absolute atomic E-state index is 12.1. The van der Waals surface area contributed by atoms with E-state index in [1.54, 1.807) is 11.3 Å². The van der Waals surface area contributed by atoms with Gasteiger partial charge in [0, 0.05) is 16.7 Å². The van der Waals surface area contributed by atoms with Gasteiger partial charge in [-0.05, 0) is 37.3 Å². The fourth-order valence-electron chi connectivity index (χ4n) is 2.29. The van der Waals surface area contributed by atoms with Crippen molar-refractivity contribution in [2.45, 2.75) is 32.2 Å². The molecule has 0 unspecified atom stereocenters. The molecule has 0 radical (unpaired) electrons. The van der Waals surface area contributed by atoms with Gasteiger partial charge in [0.25, 0.3) is 0 Å². The lowest BCUT2D eigenvalue weighted by Crippen LogP contribution is -2.29. The zero-order valence-corrected chi connectivity index (χ0v) is 11.6. The van der Waals surface area contributed by atoms with E-state index in [0.29, 0.717) is 11.7 Å². The highest BCUT2D eigenvalue weighted by atomic mass is 32.1. The Labute approximate surface area is 115 Å². The summed E-state index contributed by atoms with van der Waals surface area (Å²) in [6.45, 7) is 3.96. The Bertz CT molecular complexity index is 578. The maximum Gasteiger partial charge on any atom is 0.224 e. The van der Waals surface area contributed by atoms with Crippen LogP contribution in [0.2, 0.25) is 0 Å². The number of aromatic nitrogens is 2. The molecule has 1 N–H and O–H groups in total. The molecule has 2 aromatic rings. The van der Waals surface area contributed by atoms with Crippen molar-refractivity contribution in [2.75, 3.05) is 0 Å². The molecular weight excluding hydrogens is 262 g/mol. The lowest BCUT2D eigenvalue weighted by molar-refractivity contribution is -0.123. The van der Waals surface area contributed by atoms with Crippen LogP contribution in [0.3, 0.4) is 0 Å². The lowest BCUT2D eigenvalue weighted by Gasteiger charge is -2.09. The van der Waals surface area contributed by atoms with Gasteiger partial charge in [-0.1, -0.05) is 5.16 Å². The highest BCUT2D eigenvalue weighted by molar-refractivity contribution is 7.10. The van der Waals surface area contributed by atoms with Crippen LogP contribution in [0, 0.1) is 12.8 Å². The molecule has 1 amide bonds. The standard InChI is InChI=1S/C13H15N3O2S/c1-7-3-4-19-11(7)9-5-10(9)13(17)15-8(2)12-14-6-18-16-12/h3-4,6,8-10H,5H2,1-2H3,(H,15,17)/t8-,9+,10+/m0/s1. The molecule has 0 bridgehead atoms. The van der Waals surface area contributed by atoms with E-state index in [-0.39, 0.29) is 17.9 Å². The largest absolute Gasteiger partial charge is 0.346 e. The molecule has 0 aromatic carbocycles. The Kier molecular flexibility index (Phi) is 3.10. The van der Waals surface area contributed by atoms with E-state index in [1.165, 1.54) is 16.8 Å². The predicted molar refractivity (Wildman–Crippen MR) is 70.8 cm³/mol. The van der Waals surface area contributed by atoms with Crippen molar-refractivity contribution in [1.82, 2.24) is 15.5 Å². The van der Waals surface area contributed by atoms with E-state index in [4.69, 9.17) is 0 Å². The van der Waals surface area contributed by atoms with Crippen LogP contribution in [0.4, 0.5) is 0 Å². The van der Waals surface area contributed by atoms with Gasteiger partial charge in [-0.15, -0.1) is 11.3 Å². The molecule has 3 rings (SSSR count). The molecule has 3 atom stereocenters. The van der Waals surface area contributed by atoms with Gasteiger partial charge in [0.2, 0.25) is 12.3 Å². The van der Waals surface area contributed by atoms with Crippen LogP contribution in [0.15, 0.2) is 22.4 Å². The van der Waals surface area contributed by atoms with Crippen molar-refractivity contribution in [3.05, 3.63) is 34.1 Å². The Hall–Kier alpha value is -1.69. The lowest BCUT2D eigenvalue weighted by atomic mass is 10.2. The van der Waals surface area contributed by atoms with Crippen LogP contribution < -0.4 is 5.32 Å². The minimum atomic E-state index is -0.211. The van der Waals surface area contributed by atoms with Crippen LogP contribution in [0.25, 0.3) is 0 Å². The number of carbonyl (C=O) groups excluding carboxylic acids is 1. The summed E-state index contributed by atoms with van der Waals surface area (Å²) in [6, 6.07) is 1.90. The van der Waals surface area contributed by atoms with Crippen LogP contribution in [0.5, 0.6) is 0 Å². The number of rotatable bonds is 4. The topological polar surface area (TPSA) is 68.0 Å². The van der Waals surface area contributed by atoms with E-state index < -0.39 is 0 Å². The Balaban J connectivity index is 1.60. The summed E-state index contributed by atoms with van der Waals surface area (Å²) >= 11 is 1.74. The van der Waals surface area contributed by atoms with Crippen molar-refractivity contribution in [3.8, 4) is 0 Å². The maximum atomic E-state index is 12.1. The van der Waals surface area contributed by atoms with Crippen LogP contribution in [-0.4, -0.2) is 16.0 Å². The van der Waals surface area contributed by atoms with Crippen molar-refractivity contribution in [2.24, 2.45) is 5.92 Å². The van der Waals surface area contributed by atoms with E-state index in [0.717, 1.165) is 6.42 Å². The van der Waals surface area contributed by atoms with Gasteiger partial charge in [-0.2, -0.15) is 4.98 Å². The highest BCUT2D eigenvalue weighted by Crippen LogP contribution is 2.50. The van der Waals surface area contributed by atoms with Crippen LogP contribution >= 0.6 is 11.3 Å². The van der Waals surface area contributed by atoms with Crippen molar-refractivity contribution in [1.29, 1.82) is 0 Å². The molecular formula is C13H15N3O2S. The molecule has 1 saturated carbocycles. The summed E-state index contributed by atoms with van der Waals surface area (Å²) in [4.78, 5) is 17.4. The summed E-state index contributed by atoms with van der Waals surface area (Å²) in [7, 11) is 0. The molecule has 0 saturated heterocycles. The Morgan fingerprint density at radius 1 is 1.63 bits per heavy atom. The molecule has 100 valence electrons. The molecule has 0 aliphatic heterocycles. The number of hydrogen-bond donors (Lipinski definition) is 1. The fraction of sp³-hybridized carbons (Fsp3) is 0.462. The third-order valence-electron chi connectivity index (χ3n) is 3.49. The third kappa shape index (κ3) is 2.40. The first kappa shape index (κ1) is 12.3. The van der Waals surface area contributed by atoms with Crippen LogP contribution in [0.1, 0.15) is 41.6 Å². The predicted octanol–water partition coefficient (Wildman–Crippen LogP) is 2.42. The van der Waals surface area contributed by atoms with Gasteiger partial charge in [-0.25, -0.2) is 0 Å².